The van der Waals surface area contributed by atoms with Gasteiger partial charge in [0.1, 0.15) is 0 Å². The number of hydrazone groups is 3. The molecule has 0 amide bonds. The molecule has 0 saturated carbocycles. The average Bonchev–Trinajstić information content (AvgIpc) is 2.56. The topological polar surface area (TPSA) is 46.8 Å². The molecular weight excluding hydrogens is 553 g/mol. The van der Waals surface area contributed by atoms with E-state index in [0.717, 1.165) is 12.8 Å². The molecule has 0 aromatic rings. The van der Waals surface area contributed by atoms with Crippen LogP contribution in [0.2, 0.25) is 118 Å². The molecule has 0 rings (SSSR count). The lowest BCUT2D eigenvalue weighted by atomic mass is 10.1. The van der Waals surface area contributed by atoms with Crippen LogP contribution >= 0.6 is 0 Å². The summed E-state index contributed by atoms with van der Waals surface area (Å²) in [5.41, 5.74) is 3.56. The fourth-order valence-corrected chi connectivity index (χ4v) is 32.1. The first-order valence-electron chi connectivity index (χ1n) is 14.0. The average molecular weight is 617 g/mol. The molecule has 6 nitrogen and oxygen atoms in total. The van der Waals surface area contributed by atoms with Crippen LogP contribution in [0.5, 0.6) is 0 Å². The van der Waals surface area contributed by atoms with Crippen LogP contribution in [0, 0.1) is 0 Å². The maximum atomic E-state index is 5.48. The van der Waals surface area contributed by atoms with Gasteiger partial charge in [0.2, 0.25) is 0 Å². The molecule has 0 aliphatic heterocycles. The van der Waals surface area contributed by atoms with Gasteiger partial charge in [0.25, 0.3) is 0 Å². The summed E-state index contributed by atoms with van der Waals surface area (Å²) in [6, 6.07) is 0. The van der Waals surface area contributed by atoms with Gasteiger partial charge >= 0.3 is 0 Å². The number of hydrogen-bond donors (Lipinski definition) is 0. The zero-order valence-electron chi connectivity index (χ0n) is 28.6. The van der Waals surface area contributed by atoms with E-state index < -0.39 is 49.4 Å². The highest BCUT2D eigenvalue weighted by Crippen LogP contribution is 2.24. The maximum Gasteiger partial charge on any atom is 0.158 e. The van der Waals surface area contributed by atoms with Gasteiger partial charge in [0.05, 0.1) is 0 Å². The van der Waals surface area contributed by atoms with E-state index in [9.17, 15) is 0 Å². The Labute approximate surface area is 238 Å². The summed E-state index contributed by atoms with van der Waals surface area (Å²) < 4.78 is 7.61. The van der Waals surface area contributed by atoms with E-state index in [4.69, 9.17) is 15.3 Å². The molecule has 0 bridgehead atoms. The Morgan fingerprint density at radius 1 is 0.378 bits per heavy atom. The molecule has 0 unspecified atom stereocenters. The van der Waals surface area contributed by atoms with Crippen molar-refractivity contribution < 1.29 is 0 Å². The zero-order chi connectivity index (χ0) is 30.0. The van der Waals surface area contributed by atoms with Gasteiger partial charge in [-0.15, -0.1) is 0 Å². The van der Waals surface area contributed by atoms with E-state index in [2.05, 4.69) is 145 Å². The molecule has 0 aromatic heterocycles. The first-order chi connectivity index (χ1) is 16.0. The molecule has 0 atom stereocenters. The van der Waals surface area contributed by atoms with E-state index >= 15 is 0 Å². The summed E-state index contributed by atoms with van der Waals surface area (Å²) in [4.78, 5) is 0. The Hall–Kier alpha value is -0.289. The molecule has 0 fully saturated rings. The normalized spacial score (nSPS) is 15.0. The van der Waals surface area contributed by atoms with E-state index in [1.807, 2.05) is 0 Å². The highest BCUT2D eigenvalue weighted by Gasteiger charge is 2.36. The molecule has 0 radical (unpaired) electrons. The Kier molecular flexibility index (Phi) is 12.4. The minimum Gasteiger partial charge on any atom is -0.350 e. The minimum absolute atomic E-state index is 0.809. The number of nitrogens with zero attached hydrogens (tertiary/aromatic N) is 6. The summed E-state index contributed by atoms with van der Waals surface area (Å²) >= 11 is 0. The molecule has 0 aliphatic carbocycles. The van der Waals surface area contributed by atoms with Crippen molar-refractivity contribution in [3.8, 4) is 0 Å². The summed E-state index contributed by atoms with van der Waals surface area (Å²) in [6.07, 6.45) is 1.62. The van der Waals surface area contributed by atoms with Crippen molar-refractivity contribution in [2.24, 2.45) is 15.3 Å². The van der Waals surface area contributed by atoms with Crippen LogP contribution in [0.1, 0.15) is 26.7 Å². The molecule has 37 heavy (non-hydrogen) atoms. The van der Waals surface area contributed by atoms with E-state index in [1.165, 1.54) is 17.1 Å². The third kappa shape index (κ3) is 13.1. The lowest BCUT2D eigenvalue weighted by Gasteiger charge is -2.43. The van der Waals surface area contributed by atoms with E-state index in [0.29, 0.717) is 0 Å². The second-order valence-electron chi connectivity index (χ2n) is 16.7. The minimum atomic E-state index is -1.64. The van der Waals surface area contributed by atoms with Gasteiger partial charge in [-0.2, -0.15) is 0 Å². The van der Waals surface area contributed by atoms with Crippen LogP contribution in [0.3, 0.4) is 0 Å². The Morgan fingerprint density at radius 2 is 0.568 bits per heavy atom. The first kappa shape index (κ1) is 36.7. The van der Waals surface area contributed by atoms with Gasteiger partial charge in [-0.25, -0.2) is 15.3 Å². The first-order valence-corrected chi connectivity index (χ1v) is 34.7. The van der Waals surface area contributed by atoms with Crippen molar-refractivity contribution in [2.75, 3.05) is 0 Å². The van der Waals surface area contributed by atoms with E-state index in [-0.39, 0.29) is 0 Å². The quantitative estimate of drug-likeness (QED) is 0.118. The zero-order valence-corrected chi connectivity index (χ0v) is 34.6. The van der Waals surface area contributed by atoms with Gasteiger partial charge in [-0.1, -0.05) is 118 Å². The molecule has 0 aliphatic rings. The predicted molar refractivity (Wildman–Crippen MR) is 188 cm³/mol. The summed E-state index contributed by atoms with van der Waals surface area (Å²) in [6.45, 7) is 47.9. The Balaban J connectivity index is 6.72. The summed E-state index contributed by atoms with van der Waals surface area (Å²) in [7, 11) is -9.57. The largest absolute Gasteiger partial charge is 0.350 e. The molecule has 0 heterocycles. The van der Waals surface area contributed by atoms with Gasteiger partial charge in [-0.3, -0.25) is 0 Å². The van der Waals surface area contributed by atoms with Gasteiger partial charge in [0, 0.05) is 30.0 Å². The highest BCUT2D eigenvalue weighted by molar-refractivity contribution is 6.90. The fourth-order valence-electron chi connectivity index (χ4n) is 5.20. The number of hydrogen-bond acceptors (Lipinski definition) is 6. The summed E-state index contributed by atoms with van der Waals surface area (Å²) in [5, 5.41) is 16.1. The monoisotopic (exact) mass is 616 g/mol. The van der Waals surface area contributed by atoms with Crippen molar-refractivity contribution in [1.82, 2.24) is 13.0 Å². The number of rotatable bonds is 13. The second-order valence-corrected chi connectivity index (χ2v) is 46.6. The second kappa shape index (κ2) is 12.5. The fraction of sp³-hybridized carbons (Fsp3) is 0.880. The molecule has 218 valence electrons. The molecule has 12 heteroatoms. The standard InChI is InChI=1S/C25H64N6Si6/c1-23(26-29(32(3,4)5)33(6,7)8)21-25(28-31(36(15,16)17)37(18,19)20)22-24(2)27-30(34(9,10)11)35(12,13)14/h21-22H2,1-20H3. The van der Waals surface area contributed by atoms with Gasteiger partial charge in [0.15, 0.2) is 49.4 Å². The smallest absolute Gasteiger partial charge is 0.158 e. The maximum absolute atomic E-state index is 5.48. The van der Waals surface area contributed by atoms with Crippen LogP contribution in [0.15, 0.2) is 15.3 Å². The van der Waals surface area contributed by atoms with Gasteiger partial charge < -0.3 is 13.0 Å². The van der Waals surface area contributed by atoms with E-state index in [1.54, 1.807) is 0 Å². The lowest BCUT2D eigenvalue weighted by Crippen LogP contribution is -2.56. The van der Waals surface area contributed by atoms with Crippen molar-refractivity contribution in [3.63, 3.8) is 0 Å². The third-order valence-electron chi connectivity index (χ3n) is 5.52. The van der Waals surface area contributed by atoms with Crippen molar-refractivity contribution in [3.05, 3.63) is 0 Å². The SMILES string of the molecule is CC(CC(CC(C)=NN([Si](C)(C)C)[Si](C)(C)C)=NN([Si](C)(C)C)[Si](C)(C)C)=NN([Si](C)(C)C)[Si](C)(C)C. The Morgan fingerprint density at radius 3 is 0.757 bits per heavy atom. The molecular formula is C25H64N6Si6. The highest BCUT2D eigenvalue weighted by atomic mass is 28.4. The van der Waals surface area contributed by atoms with Crippen LogP contribution in [0.25, 0.3) is 0 Å². The van der Waals surface area contributed by atoms with Crippen LogP contribution in [0.4, 0.5) is 0 Å². The predicted octanol–water partition coefficient (Wildman–Crippen LogP) is 8.79. The van der Waals surface area contributed by atoms with Crippen LogP contribution in [-0.4, -0.2) is 79.6 Å². The van der Waals surface area contributed by atoms with Gasteiger partial charge in [-0.05, 0) is 13.8 Å². The Bertz CT molecular complexity index is 750. The molecule has 0 spiro atoms. The molecule has 0 saturated heterocycles. The lowest BCUT2D eigenvalue weighted by molar-refractivity contribution is 0.655. The van der Waals surface area contributed by atoms with Crippen molar-refractivity contribution in [1.29, 1.82) is 0 Å². The molecule has 0 N–H and O–H groups in total. The summed E-state index contributed by atoms with van der Waals surface area (Å²) in [5.74, 6) is 0. The van der Waals surface area contributed by atoms with Crippen molar-refractivity contribution in [2.45, 2.75) is 145 Å². The molecule has 0 aromatic carbocycles. The van der Waals surface area contributed by atoms with Crippen molar-refractivity contribution >= 4 is 66.5 Å². The van der Waals surface area contributed by atoms with Crippen LogP contribution < -0.4 is 0 Å². The third-order valence-corrected chi connectivity index (χ3v) is 25.8. The van der Waals surface area contributed by atoms with Crippen LogP contribution in [-0.2, 0) is 0 Å².